The van der Waals surface area contributed by atoms with Crippen LogP contribution in [0.25, 0.3) is 0 Å². The summed E-state index contributed by atoms with van der Waals surface area (Å²) in [6, 6.07) is 7.68. The van der Waals surface area contributed by atoms with Gasteiger partial charge < -0.3 is 5.11 Å². The van der Waals surface area contributed by atoms with Gasteiger partial charge in [0.15, 0.2) is 0 Å². The number of hydrogen-bond acceptors (Lipinski definition) is 3. The molecule has 1 atom stereocenters. The van der Waals surface area contributed by atoms with Crippen LogP contribution >= 0.6 is 22.9 Å². The summed E-state index contributed by atoms with van der Waals surface area (Å²) in [5, 5.41) is 10.8. The molecule has 1 aliphatic carbocycles. The largest absolute Gasteiger partial charge is 0.481 e. The van der Waals surface area contributed by atoms with Crippen molar-refractivity contribution in [1.29, 1.82) is 0 Å². The van der Waals surface area contributed by atoms with Crippen LogP contribution in [0.15, 0.2) is 24.3 Å². The fraction of sp³-hybridized carbons (Fsp3) is 0.286. The third-order valence-corrected chi connectivity index (χ3v) is 4.67. The lowest BCUT2D eigenvalue weighted by molar-refractivity contribution is -0.138. The summed E-state index contributed by atoms with van der Waals surface area (Å²) in [7, 11) is 0. The Morgan fingerprint density at radius 1 is 1.53 bits per heavy atom. The maximum atomic E-state index is 11.1. The summed E-state index contributed by atoms with van der Waals surface area (Å²) < 4.78 is 0. The van der Waals surface area contributed by atoms with Crippen LogP contribution in [0.3, 0.4) is 0 Å². The van der Waals surface area contributed by atoms with Crippen LogP contribution in [0.5, 0.6) is 0 Å². The molecule has 3 rings (SSSR count). The van der Waals surface area contributed by atoms with E-state index < -0.39 is 11.9 Å². The van der Waals surface area contributed by atoms with E-state index in [1.165, 1.54) is 0 Å². The minimum atomic E-state index is -0.765. The Kier molecular flexibility index (Phi) is 3.29. The van der Waals surface area contributed by atoms with Crippen LogP contribution in [-0.4, -0.2) is 16.1 Å². The molecule has 3 nitrogen and oxygen atoms in total. The fourth-order valence-electron chi connectivity index (χ4n) is 2.42. The van der Waals surface area contributed by atoms with Crippen LogP contribution in [-0.2, 0) is 17.6 Å². The van der Waals surface area contributed by atoms with Gasteiger partial charge in [-0.15, -0.1) is 11.3 Å². The van der Waals surface area contributed by atoms with E-state index >= 15 is 0 Å². The van der Waals surface area contributed by atoms with E-state index in [0.717, 1.165) is 27.6 Å². The first-order valence-corrected chi connectivity index (χ1v) is 7.28. The van der Waals surface area contributed by atoms with Crippen molar-refractivity contribution in [1.82, 2.24) is 4.98 Å². The molecule has 98 valence electrons. The minimum absolute atomic E-state index is 0.417. The predicted molar refractivity (Wildman–Crippen MR) is 75.1 cm³/mol. The second-order valence-electron chi connectivity index (χ2n) is 4.65. The molecule has 0 radical (unpaired) electrons. The van der Waals surface area contributed by atoms with E-state index in [4.69, 9.17) is 16.7 Å². The van der Waals surface area contributed by atoms with Gasteiger partial charge >= 0.3 is 5.97 Å². The van der Waals surface area contributed by atoms with Gasteiger partial charge in [0.05, 0.1) is 10.7 Å². The van der Waals surface area contributed by atoms with Crippen molar-refractivity contribution in [2.75, 3.05) is 0 Å². The molecule has 0 spiro atoms. The maximum Gasteiger partial charge on any atom is 0.312 e. The van der Waals surface area contributed by atoms with E-state index in [-0.39, 0.29) is 0 Å². The molecule has 1 N–H and O–H groups in total. The van der Waals surface area contributed by atoms with Crippen molar-refractivity contribution in [3.8, 4) is 0 Å². The summed E-state index contributed by atoms with van der Waals surface area (Å²) in [5.74, 6) is -1.18. The monoisotopic (exact) mass is 293 g/mol. The van der Waals surface area contributed by atoms with Gasteiger partial charge in [-0.05, 0) is 30.5 Å². The highest BCUT2D eigenvalue weighted by Gasteiger charge is 2.32. The van der Waals surface area contributed by atoms with Gasteiger partial charge in [-0.1, -0.05) is 23.7 Å². The molecular formula is C14H12ClNO2S. The van der Waals surface area contributed by atoms with Gasteiger partial charge in [-0.2, -0.15) is 0 Å². The summed E-state index contributed by atoms with van der Waals surface area (Å²) in [4.78, 5) is 16.8. The summed E-state index contributed by atoms with van der Waals surface area (Å²) in [5.41, 5.74) is 1.88. The Morgan fingerprint density at radius 2 is 2.37 bits per heavy atom. The zero-order valence-corrected chi connectivity index (χ0v) is 11.7. The van der Waals surface area contributed by atoms with Gasteiger partial charge in [0.1, 0.15) is 5.92 Å². The lowest BCUT2D eigenvalue weighted by atomic mass is 10.1. The molecule has 19 heavy (non-hydrogen) atoms. The first-order chi connectivity index (χ1) is 9.13. The molecule has 0 saturated carbocycles. The van der Waals surface area contributed by atoms with Gasteiger partial charge in [-0.25, -0.2) is 4.98 Å². The molecule has 1 aromatic carbocycles. The molecule has 1 unspecified atom stereocenters. The van der Waals surface area contributed by atoms with Crippen LogP contribution in [0, 0.1) is 0 Å². The molecule has 0 bridgehead atoms. The fourth-order valence-corrected chi connectivity index (χ4v) is 3.81. The summed E-state index contributed by atoms with van der Waals surface area (Å²) >= 11 is 7.58. The van der Waals surface area contributed by atoms with E-state index in [1.807, 2.05) is 24.3 Å². The second kappa shape index (κ2) is 4.94. The summed E-state index contributed by atoms with van der Waals surface area (Å²) in [6.45, 7) is 0. The zero-order valence-electron chi connectivity index (χ0n) is 10.1. The van der Waals surface area contributed by atoms with E-state index in [0.29, 0.717) is 17.9 Å². The van der Waals surface area contributed by atoms with Crippen molar-refractivity contribution in [3.05, 3.63) is 50.4 Å². The highest BCUT2D eigenvalue weighted by atomic mass is 35.5. The topological polar surface area (TPSA) is 50.2 Å². The van der Waals surface area contributed by atoms with Crippen molar-refractivity contribution >= 4 is 28.9 Å². The van der Waals surface area contributed by atoms with Crippen LogP contribution in [0.4, 0.5) is 0 Å². The molecular weight excluding hydrogens is 282 g/mol. The zero-order chi connectivity index (χ0) is 13.4. The van der Waals surface area contributed by atoms with E-state index in [2.05, 4.69) is 4.98 Å². The average Bonchev–Trinajstić information content (AvgIpc) is 2.87. The Hall–Kier alpha value is -1.39. The number of hydrogen-bond donors (Lipinski definition) is 1. The molecule has 0 aliphatic heterocycles. The third-order valence-electron chi connectivity index (χ3n) is 3.30. The number of nitrogens with zero attached hydrogens (tertiary/aromatic N) is 1. The highest BCUT2D eigenvalue weighted by molar-refractivity contribution is 7.11. The maximum absolute atomic E-state index is 11.1. The number of aromatic nitrogens is 1. The van der Waals surface area contributed by atoms with Gasteiger partial charge in [0.2, 0.25) is 0 Å². The first-order valence-electron chi connectivity index (χ1n) is 6.09. The molecule has 1 aromatic heterocycles. The Labute approximate surface area is 119 Å². The van der Waals surface area contributed by atoms with Crippen LogP contribution in [0.1, 0.15) is 33.5 Å². The number of aryl methyl sites for hydroxylation is 1. The number of thiazole rings is 1. The molecule has 1 aliphatic rings. The van der Waals surface area contributed by atoms with Gasteiger partial charge in [-0.3, -0.25) is 4.79 Å². The number of halogens is 1. The smallest absolute Gasteiger partial charge is 0.312 e. The quantitative estimate of drug-likeness (QED) is 0.942. The number of carbonyl (C=O) groups is 1. The van der Waals surface area contributed by atoms with Crippen molar-refractivity contribution in [2.24, 2.45) is 0 Å². The Balaban J connectivity index is 1.85. The predicted octanol–water partition coefficient (Wildman–Crippen LogP) is 3.50. The molecule has 1 heterocycles. The third kappa shape index (κ3) is 2.51. The van der Waals surface area contributed by atoms with Crippen LogP contribution < -0.4 is 0 Å². The van der Waals surface area contributed by atoms with E-state index in [9.17, 15) is 4.79 Å². The molecule has 5 heteroatoms. The minimum Gasteiger partial charge on any atom is -0.481 e. The Bertz CT molecular complexity index is 638. The number of fused-ring (bicyclic) bond motifs is 1. The Morgan fingerprint density at radius 3 is 3.11 bits per heavy atom. The highest BCUT2D eigenvalue weighted by Crippen LogP contribution is 2.37. The van der Waals surface area contributed by atoms with E-state index in [1.54, 1.807) is 11.3 Å². The van der Waals surface area contributed by atoms with Crippen molar-refractivity contribution < 1.29 is 9.90 Å². The number of carboxylic acids is 1. The second-order valence-corrected chi connectivity index (χ2v) is 6.26. The van der Waals surface area contributed by atoms with Gasteiger partial charge in [0, 0.05) is 16.3 Å². The number of benzene rings is 1. The van der Waals surface area contributed by atoms with Gasteiger partial charge in [0.25, 0.3) is 0 Å². The number of aliphatic carboxylic acids is 1. The molecule has 0 fully saturated rings. The lowest BCUT2D eigenvalue weighted by Gasteiger charge is -2.02. The van der Waals surface area contributed by atoms with Crippen molar-refractivity contribution in [2.45, 2.75) is 25.2 Å². The SMILES string of the molecule is O=C(O)C1CCc2sc(Cc3cccc(Cl)c3)nc21. The normalized spacial score (nSPS) is 17.4. The first kappa shape index (κ1) is 12.6. The number of rotatable bonds is 3. The molecule has 2 aromatic rings. The average molecular weight is 294 g/mol. The standard InChI is InChI=1S/C14H12ClNO2S/c15-9-3-1-2-8(6-9)7-12-16-13-10(14(17)18)4-5-11(13)19-12/h1-3,6,10H,4-5,7H2,(H,17,18). The molecule has 0 saturated heterocycles. The molecule has 0 amide bonds. The lowest BCUT2D eigenvalue weighted by Crippen LogP contribution is -2.08. The number of carboxylic acid groups (broad SMARTS) is 1. The summed E-state index contributed by atoms with van der Waals surface area (Å²) in [6.07, 6.45) is 2.23. The van der Waals surface area contributed by atoms with Crippen LogP contribution in [0.2, 0.25) is 5.02 Å². The van der Waals surface area contributed by atoms with Crippen molar-refractivity contribution in [3.63, 3.8) is 0 Å².